The summed E-state index contributed by atoms with van der Waals surface area (Å²) < 4.78 is 36.3. The molecule has 6 N–H and O–H groups in total. The lowest BCUT2D eigenvalue weighted by Gasteiger charge is -2.07. The number of anilines is 1. The lowest BCUT2D eigenvalue weighted by atomic mass is 10.1. The number of imidazole rings is 1. The van der Waals surface area contributed by atoms with Gasteiger partial charge in [0.25, 0.3) is 0 Å². The van der Waals surface area contributed by atoms with Crippen molar-refractivity contribution in [3.05, 3.63) is 34.3 Å². The zero-order valence-electron chi connectivity index (χ0n) is 13.6. The molecule has 2 aromatic heterocycles. The van der Waals surface area contributed by atoms with Gasteiger partial charge in [0.15, 0.2) is 5.96 Å². The summed E-state index contributed by atoms with van der Waals surface area (Å²) in [4.78, 5) is 27.1. The molecule has 12 heteroatoms. The third kappa shape index (κ3) is 6.45. The van der Waals surface area contributed by atoms with Gasteiger partial charge in [0, 0.05) is 12.6 Å². The van der Waals surface area contributed by atoms with E-state index in [1.54, 1.807) is 0 Å². The van der Waals surface area contributed by atoms with Crippen LogP contribution in [0.15, 0.2) is 22.1 Å². The van der Waals surface area contributed by atoms with Crippen molar-refractivity contribution in [3.63, 3.8) is 0 Å². The molecule has 2 heterocycles. The number of aromatic nitrogens is 4. The van der Waals surface area contributed by atoms with Gasteiger partial charge in [0.05, 0.1) is 5.69 Å². The lowest BCUT2D eigenvalue weighted by molar-refractivity contribution is -0.118. The smallest absolute Gasteiger partial charge is 0.408 e. The van der Waals surface area contributed by atoms with E-state index >= 15 is 0 Å². The molecule has 0 fully saturated rings. The van der Waals surface area contributed by atoms with E-state index in [9.17, 15) is 23.1 Å². The molecule has 0 atom stereocenters. The number of alkyl halides is 3. The van der Waals surface area contributed by atoms with Gasteiger partial charge in [-0.1, -0.05) is 0 Å². The molecule has 2 aromatic rings. The van der Waals surface area contributed by atoms with E-state index < -0.39 is 18.4 Å². The number of H-pyrrole nitrogens is 2. The molecule has 0 saturated carbocycles. The molecule has 26 heavy (non-hydrogen) atoms. The Morgan fingerprint density at radius 2 is 2.04 bits per heavy atom. The molecule has 9 nitrogen and oxygen atoms in total. The van der Waals surface area contributed by atoms with E-state index in [0.29, 0.717) is 37.2 Å². The largest absolute Gasteiger partial charge is 0.493 e. The van der Waals surface area contributed by atoms with Gasteiger partial charge in [-0.2, -0.15) is 13.2 Å². The maximum absolute atomic E-state index is 12.1. The highest BCUT2D eigenvalue weighted by molar-refractivity contribution is 5.91. The number of aromatic hydroxyl groups is 1. The molecule has 2 rings (SSSR count). The maximum Gasteiger partial charge on any atom is 0.408 e. The van der Waals surface area contributed by atoms with E-state index in [4.69, 9.17) is 5.73 Å². The van der Waals surface area contributed by atoms with Gasteiger partial charge >= 0.3 is 11.9 Å². The molecule has 0 amide bonds. The van der Waals surface area contributed by atoms with Gasteiger partial charge in [0.1, 0.15) is 18.2 Å². The van der Waals surface area contributed by atoms with Crippen molar-refractivity contribution in [2.75, 3.05) is 11.9 Å². The summed E-state index contributed by atoms with van der Waals surface area (Å²) in [6.07, 6.45) is -0.659. The molecule has 0 aliphatic rings. The highest BCUT2D eigenvalue weighted by Crippen LogP contribution is 2.14. The van der Waals surface area contributed by atoms with Crippen LogP contribution in [0.4, 0.5) is 19.0 Å². The summed E-state index contributed by atoms with van der Waals surface area (Å²) in [5.74, 6) is 0.154. The molecular formula is C14H18F3N7O2. The van der Waals surface area contributed by atoms with Crippen molar-refractivity contribution in [2.45, 2.75) is 31.9 Å². The summed E-state index contributed by atoms with van der Waals surface area (Å²) in [5.41, 5.74) is 5.35. The first-order chi connectivity index (χ1) is 12.2. The van der Waals surface area contributed by atoms with Crippen LogP contribution in [-0.2, 0) is 12.8 Å². The standard InChI is InChI=1S/C14H18F3N7O2/c15-14(16,17)7-20-12(18)23-10-5-6-19-9(22-10)4-2-1-3-8-11(25)24-13(26)21-8/h5-6,25H,1-4,7H2,(H2,21,24,26)(H3,18,19,20,22,23). The number of guanidine groups is 1. The molecule has 0 spiro atoms. The minimum Gasteiger partial charge on any atom is -0.493 e. The number of aliphatic imine (C=N–C) groups is 1. The molecule has 0 radical (unpaired) electrons. The van der Waals surface area contributed by atoms with E-state index in [-0.39, 0.29) is 17.7 Å². The van der Waals surface area contributed by atoms with Crippen molar-refractivity contribution in [1.29, 1.82) is 0 Å². The Bertz CT molecular complexity index is 813. The molecule has 0 aliphatic heterocycles. The Balaban J connectivity index is 1.83. The first-order valence-corrected chi connectivity index (χ1v) is 7.68. The van der Waals surface area contributed by atoms with Crippen molar-refractivity contribution in [3.8, 4) is 5.88 Å². The normalized spacial score (nSPS) is 12.3. The highest BCUT2D eigenvalue weighted by Gasteiger charge is 2.26. The first-order valence-electron chi connectivity index (χ1n) is 7.68. The van der Waals surface area contributed by atoms with E-state index in [1.807, 2.05) is 0 Å². The van der Waals surface area contributed by atoms with E-state index in [1.165, 1.54) is 12.3 Å². The fourth-order valence-corrected chi connectivity index (χ4v) is 2.11. The predicted molar refractivity (Wildman–Crippen MR) is 87.9 cm³/mol. The number of aryl methyl sites for hydroxylation is 2. The van der Waals surface area contributed by atoms with Crippen LogP contribution in [0.3, 0.4) is 0 Å². The number of halogens is 3. The molecule has 0 aromatic carbocycles. The van der Waals surface area contributed by atoms with Gasteiger partial charge in [-0.05, 0) is 25.3 Å². The topological polar surface area (TPSA) is 145 Å². The Morgan fingerprint density at radius 3 is 2.69 bits per heavy atom. The number of nitrogens with zero attached hydrogens (tertiary/aromatic N) is 3. The maximum atomic E-state index is 12.1. The number of nitrogens with one attached hydrogen (secondary N) is 3. The lowest BCUT2D eigenvalue weighted by Crippen LogP contribution is -2.26. The zero-order chi connectivity index (χ0) is 19.2. The Morgan fingerprint density at radius 1 is 1.31 bits per heavy atom. The Kier molecular flexibility index (Phi) is 6.20. The van der Waals surface area contributed by atoms with E-state index in [2.05, 4.69) is 30.2 Å². The molecule has 0 aliphatic carbocycles. The molecule has 0 saturated heterocycles. The Labute approximate surface area is 145 Å². The van der Waals surface area contributed by atoms with Crippen molar-refractivity contribution >= 4 is 11.8 Å². The van der Waals surface area contributed by atoms with Gasteiger partial charge in [-0.15, -0.1) is 0 Å². The van der Waals surface area contributed by atoms with Crippen LogP contribution in [-0.4, -0.2) is 43.7 Å². The third-order valence-corrected chi connectivity index (χ3v) is 3.25. The van der Waals surface area contributed by atoms with Crippen LogP contribution >= 0.6 is 0 Å². The quantitative estimate of drug-likeness (QED) is 0.279. The number of aromatic amines is 2. The summed E-state index contributed by atoms with van der Waals surface area (Å²) in [5, 5.41) is 11.9. The van der Waals surface area contributed by atoms with Crippen LogP contribution in [0.25, 0.3) is 0 Å². The summed E-state index contributed by atoms with van der Waals surface area (Å²) >= 11 is 0. The second-order valence-electron chi connectivity index (χ2n) is 5.41. The first kappa shape index (κ1) is 19.3. The van der Waals surface area contributed by atoms with Gasteiger partial charge < -0.3 is 21.1 Å². The molecular weight excluding hydrogens is 355 g/mol. The number of hydrogen-bond acceptors (Lipinski definition) is 5. The van der Waals surface area contributed by atoms with E-state index in [0.717, 1.165) is 0 Å². The minimum absolute atomic E-state index is 0.175. The highest BCUT2D eigenvalue weighted by atomic mass is 19.4. The predicted octanol–water partition coefficient (Wildman–Crippen LogP) is 1.05. The number of unbranched alkanes of at least 4 members (excludes halogenated alkanes) is 1. The van der Waals surface area contributed by atoms with Crippen LogP contribution < -0.4 is 16.7 Å². The summed E-state index contributed by atoms with van der Waals surface area (Å²) in [7, 11) is 0. The number of nitrogens with two attached hydrogens (primary N) is 1. The fourth-order valence-electron chi connectivity index (χ4n) is 2.11. The summed E-state index contributed by atoms with van der Waals surface area (Å²) in [6, 6.07) is 1.46. The Hall–Kier alpha value is -3.05. The number of hydrogen-bond donors (Lipinski definition) is 5. The van der Waals surface area contributed by atoms with Crippen LogP contribution in [0.1, 0.15) is 24.4 Å². The average Bonchev–Trinajstić information content (AvgIpc) is 2.87. The SMILES string of the molecule is NC(=NCC(F)(F)F)Nc1ccnc(CCCCc2[nH]c(=O)[nH]c2O)n1. The van der Waals surface area contributed by atoms with Crippen molar-refractivity contribution in [1.82, 2.24) is 19.9 Å². The third-order valence-electron chi connectivity index (χ3n) is 3.25. The van der Waals surface area contributed by atoms with Gasteiger partial charge in [-0.25, -0.2) is 19.8 Å². The molecule has 0 bridgehead atoms. The fraction of sp³-hybridized carbons (Fsp3) is 0.429. The minimum atomic E-state index is -4.43. The number of rotatable bonds is 7. The zero-order valence-corrected chi connectivity index (χ0v) is 13.6. The second-order valence-corrected chi connectivity index (χ2v) is 5.41. The summed E-state index contributed by atoms with van der Waals surface area (Å²) in [6.45, 7) is -1.38. The second kappa shape index (κ2) is 8.36. The van der Waals surface area contributed by atoms with Gasteiger partial charge in [-0.3, -0.25) is 4.98 Å². The van der Waals surface area contributed by atoms with Crippen molar-refractivity contribution < 1.29 is 18.3 Å². The van der Waals surface area contributed by atoms with Crippen molar-refractivity contribution in [2.24, 2.45) is 10.7 Å². The average molecular weight is 373 g/mol. The van der Waals surface area contributed by atoms with Gasteiger partial charge in [0.2, 0.25) is 5.88 Å². The van der Waals surface area contributed by atoms with Crippen LogP contribution in [0, 0.1) is 0 Å². The molecule has 142 valence electrons. The van der Waals surface area contributed by atoms with Crippen LogP contribution in [0.5, 0.6) is 5.88 Å². The van der Waals surface area contributed by atoms with Crippen LogP contribution in [0.2, 0.25) is 0 Å². The molecule has 0 unspecified atom stereocenters. The monoisotopic (exact) mass is 373 g/mol.